The van der Waals surface area contributed by atoms with Gasteiger partial charge in [0.15, 0.2) is 0 Å². The summed E-state index contributed by atoms with van der Waals surface area (Å²) in [4.78, 5) is 0. The van der Waals surface area contributed by atoms with E-state index in [1.165, 1.54) is 12.8 Å². The van der Waals surface area contributed by atoms with Crippen molar-refractivity contribution in [3.8, 4) is 0 Å². The maximum Gasteiger partial charge on any atom is 0.211 e. The molecule has 4 nitrogen and oxygen atoms in total. The molecular weight excluding hydrogens is 284 g/mol. The fourth-order valence-electron chi connectivity index (χ4n) is 1.84. The zero-order chi connectivity index (χ0) is 13.0. The van der Waals surface area contributed by atoms with Crippen LogP contribution in [0.25, 0.3) is 0 Å². The first-order valence-electron chi connectivity index (χ1n) is 6.37. The number of hydrogen-bond donors (Lipinski definition) is 2. The van der Waals surface area contributed by atoms with Gasteiger partial charge in [0.05, 0.1) is 5.75 Å². The lowest BCUT2D eigenvalue weighted by atomic mass is 10.1. The minimum Gasteiger partial charge on any atom is -0.399 e. The molecule has 1 aliphatic carbocycles. The molecule has 0 atom stereocenters. The van der Waals surface area contributed by atoms with E-state index in [2.05, 4.69) is 4.72 Å². The second-order valence-electron chi connectivity index (χ2n) is 4.94. The van der Waals surface area contributed by atoms with Crippen molar-refractivity contribution < 1.29 is 8.42 Å². The van der Waals surface area contributed by atoms with Crippen molar-refractivity contribution in [2.45, 2.75) is 25.7 Å². The molecule has 0 saturated heterocycles. The van der Waals surface area contributed by atoms with Gasteiger partial charge in [-0.15, -0.1) is 12.4 Å². The number of anilines is 1. The topological polar surface area (TPSA) is 72.2 Å². The third-order valence-electron chi connectivity index (χ3n) is 3.21. The molecular formula is C13H21ClN2O2S. The van der Waals surface area contributed by atoms with Crippen molar-refractivity contribution >= 4 is 28.1 Å². The van der Waals surface area contributed by atoms with Crippen LogP contribution in [0.4, 0.5) is 5.69 Å². The first-order chi connectivity index (χ1) is 8.55. The molecule has 1 aliphatic rings. The summed E-state index contributed by atoms with van der Waals surface area (Å²) in [6.07, 6.45) is 3.89. The monoisotopic (exact) mass is 304 g/mol. The smallest absolute Gasteiger partial charge is 0.211 e. The zero-order valence-electron chi connectivity index (χ0n) is 10.8. The molecule has 2 rings (SSSR count). The molecule has 1 aromatic rings. The first-order valence-corrected chi connectivity index (χ1v) is 8.02. The van der Waals surface area contributed by atoms with Gasteiger partial charge in [0.2, 0.25) is 10.0 Å². The van der Waals surface area contributed by atoms with Crippen LogP contribution in [0.1, 0.15) is 24.8 Å². The summed E-state index contributed by atoms with van der Waals surface area (Å²) in [6, 6.07) is 7.51. The van der Waals surface area contributed by atoms with Crippen LogP contribution in [0.3, 0.4) is 0 Å². The van der Waals surface area contributed by atoms with Gasteiger partial charge in [-0.25, -0.2) is 13.1 Å². The van der Waals surface area contributed by atoms with E-state index < -0.39 is 10.0 Å². The van der Waals surface area contributed by atoms with E-state index in [0.29, 0.717) is 18.9 Å². The summed E-state index contributed by atoms with van der Waals surface area (Å²) < 4.78 is 26.0. The Hall–Kier alpha value is -0.780. The van der Waals surface area contributed by atoms with E-state index in [-0.39, 0.29) is 18.2 Å². The predicted octanol–water partition coefficient (Wildman–Crippen LogP) is 1.95. The van der Waals surface area contributed by atoms with Crippen LogP contribution in [0.5, 0.6) is 0 Å². The summed E-state index contributed by atoms with van der Waals surface area (Å²) in [5, 5.41) is 0. The lowest BCUT2D eigenvalue weighted by Gasteiger charge is -2.06. The summed E-state index contributed by atoms with van der Waals surface area (Å²) in [5.41, 5.74) is 7.40. The zero-order valence-corrected chi connectivity index (χ0v) is 12.5. The Balaban J connectivity index is 0.00000180. The Morgan fingerprint density at radius 3 is 2.42 bits per heavy atom. The van der Waals surface area contributed by atoms with Gasteiger partial charge in [-0.2, -0.15) is 0 Å². The van der Waals surface area contributed by atoms with Crippen molar-refractivity contribution in [1.82, 2.24) is 4.72 Å². The summed E-state index contributed by atoms with van der Waals surface area (Å²) in [7, 11) is -3.09. The molecule has 0 unspecified atom stereocenters. The second-order valence-corrected chi connectivity index (χ2v) is 6.86. The van der Waals surface area contributed by atoms with Crippen LogP contribution >= 0.6 is 12.4 Å². The number of sulfonamides is 1. The van der Waals surface area contributed by atoms with Crippen LogP contribution in [0.2, 0.25) is 0 Å². The normalized spacial score (nSPS) is 14.9. The minimum atomic E-state index is -3.09. The molecule has 0 aromatic heterocycles. The Bertz CT molecular complexity index is 484. The lowest BCUT2D eigenvalue weighted by molar-refractivity contribution is 0.576. The molecule has 0 radical (unpaired) electrons. The van der Waals surface area contributed by atoms with Crippen LogP contribution in [0, 0.1) is 5.92 Å². The van der Waals surface area contributed by atoms with Gasteiger partial charge in [-0.05, 0) is 36.5 Å². The van der Waals surface area contributed by atoms with Gasteiger partial charge >= 0.3 is 0 Å². The number of nitrogens with two attached hydrogens (primary N) is 1. The van der Waals surface area contributed by atoms with E-state index in [1.54, 1.807) is 0 Å². The highest BCUT2D eigenvalue weighted by atomic mass is 35.5. The maximum atomic E-state index is 11.7. The number of nitrogen functional groups attached to an aromatic ring is 1. The maximum absolute atomic E-state index is 11.7. The van der Waals surface area contributed by atoms with Crippen LogP contribution in [-0.4, -0.2) is 20.7 Å². The van der Waals surface area contributed by atoms with E-state index in [9.17, 15) is 8.42 Å². The summed E-state index contributed by atoms with van der Waals surface area (Å²) in [5.74, 6) is 0.915. The molecule has 6 heteroatoms. The molecule has 3 N–H and O–H groups in total. The highest BCUT2D eigenvalue weighted by Crippen LogP contribution is 2.32. The molecule has 0 spiro atoms. The summed E-state index contributed by atoms with van der Waals surface area (Å²) in [6.45, 7) is 0.455. The van der Waals surface area contributed by atoms with E-state index in [1.807, 2.05) is 24.3 Å². The number of benzene rings is 1. The SMILES string of the molecule is Cl.Nc1ccc(CCNS(=O)(=O)CCC2CC2)cc1. The number of rotatable bonds is 7. The first kappa shape index (κ1) is 16.3. The van der Waals surface area contributed by atoms with Crippen molar-refractivity contribution in [1.29, 1.82) is 0 Å². The second kappa shape index (κ2) is 7.12. The van der Waals surface area contributed by atoms with Crippen LogP contribution < -0.4 is 10.5 Å². The molecule has 108 valence electrons. The van der Waals surface area contributed by atoms with E-state index in [0.717, 1.165) is 17.7 Å². The van der Waals surface area contributed by atoms with Crippen LogP contribution in [-0.2, 0) is 16.4 Å². The van der Waals surface area contributed by atoms with Gasteiger partial charge in [0.1, 0.15) is 0 Å². The molecule has 0 amide bonds. The van der Waals surface area contributed by atoms with Crippen molar-refractivity contribution in [3.05, 3.63) is 29.8 Å². The number of nitrogens with one attached hydrogen (secondary N) is 1. The summed E-state index contributed by atoms with van der Waals surface area (Å²) >= 11 is 0. The third kappa shape index (κ3) is 6.27. The fourth-order valence-corrected chi connectivity index (χ4v) is 3.04. The van der Waals surface area contributed by atoms with E-state index in [4.69, 9.17) is 5.73 Å². The third-order valence-corrected chi connectivity index (χ3v) is 4.62. The molecule has 19 heavy (non-hydrogen) atoms. The van der Waals surface area contributed by atoms with Gasteiger partial charge in [-0.3, -0.25) is 0 Å². The van der Waals surface area contributed by atoms with Gasteiger partial charge in [0.25, 0.3) is 0 Å². The highest BCUT2D eigenvalue weighted by Gasteiger charge is 2.23. The van der Waals surface area contributed by atoms with Gasteiger partial charge in [-0.1, -0.05) is 25.0 Å². The minimum absolute atomic E-state index is 0. The average Bonchev–Trinajstić information content (AvgIpc) is 3.13. The molecule has 1 aromatic carbocycles. The standard InChI is InChI=1S/C13H20N2O2S.ClH/c14-13-5-3-11(4-6-13)7-9-15-18(16,17)10-8-12-1-2-12;/h3-6,12,15H,1-2,7-10,14H2;1H. The van der Waals surface area contributed by atoms with Gasteiger partial charge < -0.3 is 5.73 Å². The largest absolute Gasteiger partial charge is 0.399 e. The number of halogens is 1. The molecule has 0 bridgehead atoms. The average molecular weight is 305 g/mol. The quantitative estimate of drug-likeness (QED) is 0.756. The molecule has 0 aliphatic heterocycles. The number of hydrogen-bond acceptors (Lipinski definition) is 3. The Morgan fingerprint density at radius 1 is 1.21 bits per heavy atom. The van der Waals surface area contributed by atoms with E-state index >= 15 is 0 Å². The Morgan fingerprint density at radius 2 is 1.84 bits per heavy atom. The van der Waals surface area contributed by atoms with Crippen molar-refractivity contribution in [3.63, 3.8) is 0 Å². The fraction of sp³-hybridized carbons (Fsp3) is 0.538. The van der Waals surface area contributed by atoms with Crippen molar-refractivity contribution in [2.24, 2.45) is 5.92 Å². The predicted molar refractivity (Wildman–Crippen MR) is 80.9 cm³/mol. The Kier molecular flexibility index (Phi) is 6.10. The Labute approximate surface area is 121 Å². The van der Waals surface area contributed by atoms with Crippen molar-refractivity contribution in [2.75, 3.05) is 18.0 Å². The highest BCUT2D eigenvalue weighted by molar-refractivity contribution is 7.89. The lowest BCUT2D eigenvalue weighted by Crippen LogP contribution is -2.28. The van der Waals surface area contributed by atoms with Gasteiger partial charge in [0, 0.05) is 12.2 Å². The molecule has 1 saturated carbocycles. The van der Waals surface area contributed by atoms with Crippen LogP contribution in [0.15, 0.2) is 24.3 Å². The molecule has 1 fully saturated rings. The molecule has 0 heterocycles.